The van der Waals surface area contributed by atoms with Gasteiger partial charge in [0.05, 0.1) is 0 Å². The Morgan fingerprint density at radius 3 is 2.85 bits per heavy atom. The molecular weight excluding hydrogens is 444 g/mol. The lowest BCUT2D eigenvalue weighted by molar-refractivity contribution is 0.283. The predicted molar refractivity (Wildman–Crippen MR) is 116 cm³/mol. The second-order valence-electron chi connectivity index (χ2n) is 7.37. The number of rotatable bonds is 5. The van der Waals surface area contributed by atoms with Crippen LogP contribution in [0.4, 0.5) is 10.2 Å². The van der Waals surface area contributed by atoms with Crippen LogP contribution in [-0.4, -0.2) is 43.7 Å². The molecule has 0 spiro atoms. The molecule has 26 heavy (non-hydrogen) atoms. The summed E-state index contributed by atoms with van der Waals surface area (Å²) in [6, 6.07) is 3.35. The van der Waals surface area contributed by atoms with Gasteiger partial charge in [0.2, 0.25) is 0 Å². The van der Waals surface area contributed by atoms with Crippen LogP contribution < -0.4 is 15.5 Å². The molecule has 0 bridgehead atoms. The fourth-order valence-electron chi connectivity index (χ4n) is 4.12. The van der Waals surface area contributed by atoms with Gasteiger partial charge in [0.15, 0.2) is 17.6 Å². The third-order valence-corrected chi connectivity index (χ3v) is 5.84. The van der Waals surface area contributed by atoms with Crippen molar-refractivity contribution < 1.29 is 4.39 Å². The highest BCUT2D eigenvalue weighted by atomic mass is 127. The number of halogens is 2. The van der Waals surface area contributed by atoms with Gasteiger partial charge in [0.1, 0.15) is 0 Å². The molecule has 1 aliphatic carbocycles. The number of anilines is 1. The molecule has 2 heterocycles. The molecule has 146 valence electrons. The molecule has 1 saturated carbocycles. The lowest BCUT2D eigenvalue weighted by Gasteiger charge is -2.29. The Labute approximate surface area is 173 Å². The summed E-state index contributed by atoms with van der Waals surface area (Å²) in [5, 5.41) is 7.02. The Balaban J connectivity index is 0.00000243. The Kier molecular flexibility index (Phi) is 7.91. The predicted octanol–water partition coefficient (Wildman–Crippen LogP) is 3.55. The average Bonchev–Trinajstić information content (AvgIpc) is 3.29. The lowest BCUT2D eigenvalue weighted by atomic mass is 9.83. The molecule has 1 aromatic rings. The zero-order chi connectivity index (χ0) is 17.7. The molecule has 3 rings (SSSR count). The molecule has 1 aromatic heterocycles. The third-order valence-electron chi connectivity index (χ3n) is 5.84. The van der Waals surface area contributed by atoms with Crippen molar-refractivity contribution >= 4 is 35.8 Å². The van der Waals surface area contributed by atoms with E-state index in [1.807, 2.05) is 11.9 Å². The maximum atomic E-state index is 13.9. The van der Waals surface area contributed by atoms with E-state index in [2.05, 4.69) is 27.5 Å². The van der Waals surface area contributed by atoms with Gasteiger partial charge in [0.25, 0.3) is 0 Å². The van der Waals surface area contributed by atoms with Crippen LogP contribution in [0.2, 0.25) is 0 Å². The normalized spacial score (nSPS) is 22.2. The Hall–Kier alpha value is -1.12. The highest BCUT2D eigenvalue weighted by molar-refractivity contribution is 14.0. The van der Waals surface area contributed by atoms with Gasteiger partial charge in [-0.15, -0.1) is 24.0 Å². The second-order valence-corrected chi connectivity index (χ2v) is 7.37. The maximum Gasteiger partial charge on any atom is 0.191 e. The number of aromatic nitrogens is 1. The summed E-state index contributed by atoms with van der Waals surface area (Å²) in [7, 11) is 1.81. The molecule has 1 atom stereocenters. The largest absolute Gasteiger partial charge is 0.356 e. The summed E-state index contributed by atoms with van der Waals surface area (Å²) in [4.78, 5) is 10.6. The first-order chi connectivity index (χ1) is 12.2. The minimum atomic E-state index is -0.253. The van der Waals surface area contributed by atoms with E-state index in [4.69, 9.17) is 0 Å². The topological polar surface area (TPSA) is 52.6 Å². The van der Waals surface area contributed by atoms with Gasteiger partial charge in [-0.1, -0.05) is 19.8 Å². The van der Waals surface area contributed by atoms with Gasteiger partial charge in [0, 0.05) is 38.9 Å². The summed E-state index contributed by atoms with van der Waals surface area (Å²) in [5.41, 5.74) is 0.427. The van der Waals surface area contributed by atoms with E-state index in [0.29, 0.717) is 11.2 Å². The van der Waals surface area contributed by atoms with Gasteiger partial charge in [-0.25, -0.2) is 9.37 Å². The number of guanidine groups is 1. The van der Waals surface area contributed by atoms with Crippen molar-refractivity contribution in [3.63, 3.8) is 0 Å². The van der Waals surface area contributed by atoms with Crippen molar-refractivity contribution in [3.8, 4) is 0 Å². The fourth-order valence-corrected chi connectivity index (χ4v) is 4.12. The number of nitrogens with zero attached hydrogens (tertiary/aromatic N) is 3. The van der Waals surface area contributed by atoms with Crippen molar-refractivity contribution in [2.75, 3.05) is 31.6 Å². The van der Waals surface area contributed by atoms with Crippen LogP contribution in [0.3, 0.4) is 0 Å². The first-order valence-corrected chi connectivity index (χ1v) is 9.48. The van der Waals surface area contributed by atoms with Crippen molar-refractivity contribution in [1.29, 1.82) is 0 Å². The molecule has 5 nitrogen and oxygen atoms in total. The standard InChI is InChI=1S/C19H30FN5.HI/c1-3-19(9-4-5-10-19)14-23-18(21-2)24-15-8-12-25(13-15)17-16(20)7-6-11-22-17;/h6-7,11,15H,3-5,8-10,12-14H2,1-2H3,(H2,21,23,24);1H. The van der Waals surface area contributed by atoms with E-state index in [1.165, 1.54) is 38.2 Å². The molecule has 1 unspecified atom stereocenters. The Bertz CT molecular complexity index is 603. The fraction of sp³-hybridized carbons (Fsp3) is 0.684. The number of hydrogen-bond donors (Lipinski definition) is 2. The number of aliphatic imine (C=N–C) groups is 1. The van der Waals surface area contributed by atoms with Crippen LogP contribution >= 0.6 is 24.0 Å². The summed E-state index contributed by atoms with van der Waals surface area (Å²) in [6.07, 6.45) is 9.12. The number of hydrogen-bond acceptors (Lipinski definition) is 3. The highest BCUT2D eigenvalue weighted by Crippen LogP contribution is 2.40. The minimum Gasteiger partial charge on any atom is -0.356 e. The van der Waals surface area contributed by atoms with Crippen LogP contribution in [0.1, 0.15) is 45.4 Å². The van der Waals surface area contributed by atoms with E-state index >= 15 is 0 Å². The van der Waals surface area contributed by atoms with E-state index in [1.54, 1.807) is 12.3 Å². The SMILES string of the molecule is CCC1(CNC(=NC)NC2CCN(c3ncccc3F)C2)CCCC1.I. The molecule has 0 aromatic carbocycles. The van der Waals surface area contributed by atoms with Crippen molar-refractivity contribution in [1.82, 2.24) is 15.6 Å². The maximum absolute atomic E-state index is 13.9. The molecule has 2 N–H and O–H groups in total. The van der Waals surface area contributed by atoms with E-state index < -0.39 is 0 Å². The van der Waals surface area contributed by atoms with Crippen LogP contribution in [0.5, 0.6) is 0 Å². The molecule has 1 saturated heterocycles. The first kappa shape index (κ1) is 21.2. The molecule has 2 fully saturated rings. The van der Waals surface area contributed by atoms with Crippen LogP contribution in [0.15, 0.2) is 23.3 Å². The monoisotopic (exact) mass is 475 g/mol. The lowest BCUT2D eigenvalue weighted by Crippen LogP contribution is -2.47. The smallest absolute Gasteiger partial charge is 0.191 e. The number of nitrogens with one attached hydrogen (secondary N) is 2. The average molecular weight is 475 g/mol. The van der Waals surface area contributed by atoms with E-state index in [9.17, 15) is 4.39 Å². The summed E-state index contributed by atoms with van der Waals surface area (Å²) in [6.45, 7) is 4.82. The minimum absolute atomic E-state index is 0. The molecule has 0 amide bonds. The van der Waals surface area contributed by atoms with Crippen LogP contribution in [0, 0.1) is 11.2 Å². The third kappa shape index (κ3) is 4.98. The number of pyridine rings is 1. The van der Waals surface area contributed by atoms with Gasteiger partial charge in [-0.3, -0.25) is 4.99 Å². The first-order valence-electron chi connectivity index (χ1n) is 9.48. The van der Waals surface area contributed by atoms with Gasteiger partial charge >= 0.3 is 0 Å². The van der Waals surface area contributed by atoms with Gasteiger partial charge < -0.3 is 15.5 Å². The molecule has 1 aliphatic heterocycles. The van der Waals surface area contributed by atoms with Gasteiger partial charge in [-0.05, 0) is 43.2 Å². The molecule has 2 aliphatic rings. The van der Waals surface area contributed by atoms with Crippen LogP contribution in [0.25, 0.3) is 0 Å². The van der Waals surface area contributed by atoms with E-state index in [0.717, 1.165) is 32.0 Å². The van der Waals surface area contributed by atoms with Crippen molar-refractivity contribution in [3.05, 3.63) is 24.1 Å². The molecular formula is C19H31FIN5. The second kappa shape index (κ2) is 9.71. The zero-order valence-electron chi connectivity index (χ0n) is 15.8. The summed E-state index contributed by atoms with van der Waals surface area (Å²) < 4.78 is 13.9. The summed E-state index contributed by atoms with van der Waals surface area (Å²) >= 11 is 0. The van der Waals surface area contributed by atoms with Crippen molar-refractivity contribution in [2.45, 2.75) is 51.5 Å². The molecule has 7 heteroatoms. The van der Waals surface area contributed by atoms with E-state index in [-0.39, 0.29) is 35.8 Å². The van der Waals surface area contributed by atoms with Gasteiger partial charge in [-0.2, -0.15) is 0 Å². The van der Waals surface area contributed by atoms with Crippen molar-refractivity contribution in [2.24, 2.45) is 10.4 Å². The Morgan fingerprint density at radius 2 is 2.19 bits per heavy atom. The Morgan fingerprint density at radius 1 is 1.42 bits per heavy atom. The van der Waals surface area contributed by atoms with Crippen LogP contribution in [-0.2, 0) is 0 Å². The molecule has 0 radical (unpaired) electrons. The zero-order valence-corrected chi connectivity index (χ0v) is 18.1. The summed E-state index contributed by atoms with van der Waals surface area (Å²) in [5.74, 6) is 1.05. The quantitative estimate of drug-likeness (QED) is 0.389. The highest BCUT2D eigenvalue weighted by Gasteiger charge is 2.32.